The van der Waals surface area contributed by atoms with E-state index in [2.05, 4.69) is 10.3 Å². The summed E-state index contributed by atoms with van der Waals surface area (Å²) in [6.07, 6.45) is 3.46. The summed E-state index contributed by atoms with van der Waals surface area (Å²) in [5.41, 5.74) is 3.19. The predicted molar refractivity (Wildman–Crippen MR) is 116 cm³/mol. The van der Waals surface area contributed by atoms with Crippen LogP contribution in [0.3, 0.4) is 0 Å². The van der Waals surface area contributed by atoms with Gasteiger partial charge in [0.05, 0.1) is 23.1 Å². The third-order valence-corrected chi connectivity index (χ3v) is 5.63. The number of amides is 3. The molecule has 0 saturated carbocycles. The smallest absolute Gasteiger partial charge is 0.260 e. The maximum atomic E-state index is 13.3. The first-order valence-electron chi connectivity index (χ1n) is 10.2. The van der Waals surface area contributed by atoms with E-state index in [9.17, 15) is 14.4 Å². The van der Waals surface area contributed by atoms with E-state index in [1.54, 1.807) is 52.5 Å². The van der Waals surface area contributed by atoms with Crippen molar-refractivity contribution in [3.8, 4) is 0 Å². The summed E-state index contributed by atoms with van der Waals surface area (Å²) >= 11 is 0. The lowest BCUT2D eigenvalue weighted by Gasteiger charge is -2.41. The molecule has 0 bridgehead atoms. The van der Waals surface area contributed by atoms with E-state index in [0.29, 0.717) is 35.5 Å². The molecule has 0 unspecified atom stereocenters. The molecule has 1 atom stereocenters. The molecular formula is C24H20N4O3. The molecule has 3 heterocycles. The van der Waals surface area contributed by atoms with Gasteiger partial charge in [-0.1, -0.05) is 30.3 Å². The minimum atomic E-state index is -0.493. The van der Waals surface area contributed by atoms with Gasteiger partial charge in [0.2, 0.25) is 5.91 Å². The van der Waals surface area contributed by atoms with Crippen LogP contribution in [0, 0.1) is 0 Å². The standard InChI is InChI=1S/C24H20N4O3/c29-21(26-16-7-5-13-25-15-16)12-6-14-27-22-17-8-1-2-9-18(17)24(31)28(22)20-11-4-3-10-19(20)23(27)30/h1-5,7-11,13,15,22H,6,12,14H2,(H,26,29)/t22-/m0/s1. The van der Waals surface area contributed by atoms with Gasteiger partial charge in [-0.05, 0) is 36.8 Å². The van der Waals surface area contributed by atoms with Crippen LogP contribution in [0.1, 0.15) is 45.3 Å². The Labute approximate surface area is 179 Å². The number of pyridine rings is 1. The highest BCUT2D eigenvalue weighted by Gasteiger charge is 2.47. The number of carbonyl (C=O) groups is 3. The highest BCUT2D eigenvalue weighted by atomic mass is 16.2. The molecule has 0 radical (unpaired) electrons. The Morgan fingerprint density at radius 3 is 2.52 bits per heavy atom. The van der Waals surface area contributed by atoms with Crippen molar-refractivity contribution in [2.24, 2.45) is 0 Å². The lowest BCUT2D eigenvalue weighted by molar-refractivity contribution is -0.116. The minimum absolute atomic E-state index is 0.111. The summed E-state index contributed by atoms with van der Waals surface area (Å²) in [4.78, 5) is 46.1. The zero-order valence-electron chi connectivity index (χ0n) is 16.7. The van der Waals surface area contributed by atoms with E-state index in [0.717, 1.165) is 5.56 Å². The SMILES string of the molecule is O=C(CCCN1C(=O)c2ccccc2N2C(=O)c3ccccc3[C@@H]12)Nc1cccnc1. The van der Waals surface area contributed by atoms with E-state index in [1.807, 2.05) is 30.3 Å². The normalized spacial score (nSPS) is 16.6. The first-order chi connectivity index (χ1) is 15.1. The van der Waals surface area contributed by atoms with E-state index < -0.39 is 6.17 Å². The van der Waals surface area contributed by atoms with Crippen molar-refractivity contribution in [3.05, 3.63) is 89.7 Å². The highest BCUT2D eigenvalue weighted by Crippen LogP contribution is 2.45. The van der Waals surface area contributed by atoms with Gasteiger partial charge in [0.15, 0.2) is 0 Å². The molecule has 0 aliphatic carbocycles. The van der Waals surface area contributed by atoms with Gasteiger partial charge in [0, 0.05) is 30.3 Å². The third kappa shape index (κ3) is 3.24. The van der Waals surface area contributed by atoms with Crippen LogP contribution in [0.5, 0.6) is 0 Å². The molecule has 1 N–H and O–H groups in total. The molecule has 154 valence electrons. The van der Waals surface area contributed by atoms with Gasteiger partial charge >= 0.3 is 0 Å². The number of hydrogen-bond donors (Lipinski definition) is 1. The Hall–Kier alpha value is -4.00. The number of aromatic nitrogens is 1. The number of anilines is 2. The highest BCUT2D eigenvalue weighted by molar-refractivity contribution is 6.16. The summed E-state index contributed by atoms with van der Waals surface area (Å²) < 4.78 is 0. The Morgan fingerprint density at radius 2 is 1.71 bits per heavy atom. The molecule has 0 fully saturated rings. The predicted octanol–water partition coefficient (Wildman–Crippen LogP) is 3.62. The summed E-state index contributed by atoms with van der Waals surface area (Å²) in [7, 11) is 0. The zero-order chi connectivity index (χ0) is 21.4. The van der Waals surface area contributed by atoms with E-state index in [1.165, 1.54) is 0 Å². The van der Waals surface area contributed by atoms with Crippen molar-refractivity contribution in [2.45, 2.75) is 19.0 Å². The molecule has 0 spiro atoms. The summed E-state index contributed by atoms with van der Waals surface area (Å²) in [6, 6.07) is 18.1. The van der Waals surface area contributed by atoms with Gasteiger partial charge in [-0.15, -0.1) is 0 Å². The first kappa shape index (κ1) is 19.0. The molecule has 7 nitrogen and oxygen atoms in total. The van der Waals surface area contributed by atoms with Crippen LogP contribution in [0.15, 0.2) is 73.1 Å². The van der Waals surface area contributed by atoms with Crippen LogP contribution in [0.25, 0.3) is 0 Å². The largest absolute Gasteiger partial charge is 0.325 e. The van der Waals surface area contributed by atoms with Crippen molar-refractivity contribution in [1.82, 2.24) is 9.88 Å². The second-order valence-corrected chi connectivity index (χ2v) is 7.55. The van der Waals surface area contributed by atoms with Crippen molar-refractivity contribution in [2.75, 3.05) is 16.8 Å². The van der Waals surface area contributed by atoms with Gasteiger partial charge in [-0.2, -0.15) is 0 Å². The molecule has 5 rings (SSSR count). The molecule has 2 aliphatic heterocycles. The molecular weight excluding hydrogens is 392 g/mol. The molecule has 3 amide bonds. The average molecular weight is 412 g/mol. The molecule has 3 aromatic rings. The van der Waals surface area contributed by atoms with Gasteiger partial charge in [0.1, 0.15) is 6.17 Å². The lowest BCUT2D eigenvalue weighted by atomic mass is 10.0. The maximum absolute atomic E-state index is 13.3. The Kier molecular flexibility index (Phi) is 4.71. The van der Waals surface area contributed by atoms with Crippen LogP contribution >= 0.6 is 0 Å². The molecule has 7 heteroatoms. The maximum Gasteiger partial charge on any atom is 0.260 e. The van der Waals surface area contributed by atoms with Crippen molar-refractivity contribution >= 4 is 29.1 Å². The zero-order valence-corrected chi connectivity index (χ0v) is 16.7. The number of nitrogens with zero attached hydrogens (tertiary/aromatic N) is 3. The van der Waals surface area contributed by atoms with Crippen LogP contribution in [0.2, 0.25) is 0 Å². The summed E-state index contributed by atoms with van der Waals surface area (Å²) in [5.74, 6) is -0.383. The van der Waals surface area contributed by atoms with E-state index in [-0.39, 0.29) is 24.1 Å². The van der Waals surface area contributed by atoms with Crippen molar-refractivity contribution < 1.29 is 14.4 Å². The first-order valence-corrected chi connectivity index (χ1v) is 10.2. The van der Waals surface area contributed by atoms with Crippen LogP contribution in [0.4, 0.5) is 11.4 Å². The monoisotopic (exact) mass is 412 g/mol. The second kappa shape index (κ2) is 7.68. The van der Waals surface area contributed by atoms with Gasteiger partial charge in [-0.25, -0.2) is 0 Å². The number of fused-ring (bicyclic) bond motifs is 5. The van der Waals surface area contributed by atoms with Crippen molar-refractivity contribution in [3.63, 3.8) is 0 Å². The third-order valence-electron chi connectivity index (χ3n) is 5.63. The molecule has 1 aromatic heterocycles. The fourth-order valence-electron chi connectivity index (χ4n) is 4.27. The van der Waals surface area contributed by atoms with Crippen LogP contribution < -0.4 is 10.2 Å². The number of nitrogens with one attached hydrogen (secondary N) is 1. The number of rotatable bonds is 5. The average Bonchev–Trinajstić information content (AvgIpc) is 3.09. The Morgan fingerprint density at radius 1 is 0.935 bits per heavy atom. The Balaban J connectivity index is 1.38. The van der Waals surface area contributed by atoms with Gasteiger partial charge < -0.3 is 10.2 Å². The Bertz CT molecular complexity index is 1180. The molecule has 0 saturated heterocycles. The number of carbonyl (C=O) groups excluding carboxylic acids is 3. The van der Waals surface area contributed by atoms with Crippen molar-refractivity contribution in [1.29, 1.82) is 0 Å². The van der Waals surface area contributed by atoms with Gasteiger partial charge in [0.25, 0.3) is 11.8 Å². The summed E-state index contributed by atoms with van der Waals surface area (Å²) in [5, 5.41) is 2.81. The topological polar surface area (TPSA) is 82.6 Å². The molecule has 31 heavy (non-hydrogen) atoms. The fourth-order valence-corrected chi connectivity index (χ4v) is 4.27. The quantitative estimate of drug-likeness (QED) is 0.694. The second-order valence-electron chi connectivity index (χ2n) is 7.55. The fraction of sp³-hybridized carbons (Fsp3) is 0.167. The lowest BCUT2D eigenvalue weighted by Crippen LogP contribution is -2.48. The minimum Gasteiger partial charge on any atom is -0.325 e. The van der Waals surface area contributed by atoms with E-state index >= 15 is 0 Å². The van der Waals surface area contributed by atoms with Crippen LogP contribution in [-0.2, 0) is 4.79 Å². The number of benzene rings is 2. The number of para-hydroxylation sites is 1. The van der Waals surface area contributed by atoms with Crippen LogP contribution in [-0.4, -0.2) is 34.2 Å². The van der Waals surface area contributed by atoms with E-state index in [4.69, 9.17) is 0 Å². The van der Waals surface area contributed by atoms with Gasteiger partial charge in [-0.3, -0.25) is 24.3 Å². The molecule has 2 aliphatic rings. The molecule has 2 aromatic carbocycles. The summed E-state index contributed by atoms with van der Waals surface area (Å²) in [6.45, 7) is 0.358. The number of hydrogen-bond acceptors (Lipinski definition) is 4.